The van der Waals surface area contributed by atoms with E-state index < -0.39 is 23.7 Å². The topological polar surface area (TPSA) is 130 Å². The number of fused-ring (bicyclic) bond motifs is 1. The van der Waals surface area contributed by atoms with E-state index in [0.29, 0.717) is 10.6 Å². The van der Waals surface area contributed by atoms with Gasteiger partial charge in [-0.1, -0.05) is 48.6 Å². The van der Waals surface area contributed by atoms with E-state index in [0.717, 1.165) is 29.7 Å². The van der Waals surface area contributed by atoms with Gasteiger partial charge >= 0.3 is 5.97 Å². The summed E-state index contributed by atoms with van der Waals surface area (Å²) in [5, 5.41) is 6.52. The molecule has 1 saturated heterocycles. The number of hydrogen-bond acceptors (Lipinski definition) is 8. The van der Waals surface area contributed by atoms with Crippen molar-refractivity contribution >= 4 is 41.3 Å². The molecule has 3 aliphatic heterocycles. The van der Waals surface area contributed by atoms with E-state index in [-0.39, 0.29) is 43.6 Å². The SMILES string of the molecule is O=C(CCNC(=O)C1=C(c2ccccc2)C2N=CNC2C(C2=CC=CCC2)=N1)ON1C(=O)CCC1=O. The van der Waals surface area contributed by atoms with Crippen LogP contribution >= 0.6 is 0 Å². The van der Waals surface area contributed by atoms with E-state index >= 15 is 0 Å². The highest BCUT2D eigenvalue weighted by Crippen LogP contribution is 2.35. The molecule has 1 fully saturated rings. The maximum absolute atomic E-state index is 13.4. The molecule has 0 aromatic heterocycles. The van der Waals surface area contributed by atoms with Gasteiger partial charge in [-0.3, -0.25) is 19.4 Å². The molecule has 1 aliphatic carbocycles. The summed E-state index contributed by atoms with van der Waals surface area (Å²) in [6, 6.07) is 9.00. The van der Waals surface area contributed by atoms with Crippen molar-refractivity contribution in [2.75, 3.05) is 6.54 Å². The molecule has 4 aliphatic rings. The molecule has 5 rings (SSSR count). The van der Waals surface area contributed by atoms with Crippen LogP contribution in [0.5, 0.6) is 0 Å². The average molecular weight is 488 g/mol. The molecule has 3 heterocycles. The summed E-state index contributed by atoms with van der Waals surface area (Å²) in [4.78, 5) is 63.1. The number of rotatable bonds is 7. The second-order valence-corrected chi connectivity index (χ2v) is 8.70. The minimum Gasteiger partial charge on any atom is -0.366 e. The molecule has 0 radical (unpaired) electrons. The number of imide groups is 1. The predicted octanol–water partition coefficient (Wildman–Crippen LogP) is 1.61. The van der Waals surface area contributed by atoms with Gasteiger partial charge in [0.2, 0.25) is 0 Å². The van der Waals surface area contributed by atoms with E-state index in [2.05, 4.69) is 21.7 Å². The quantitative estimate of drug-likeness (QED) is 0.562. The van der Waals surface area contributed by atoms with E-state index in [1.54, 1.807) is 6.34 Å². The van der Waals surface area contributed by atoms with E-state index in [1.807, 2.05) is 42.5 Å². The van der Waals surface area contributed by atoms with Crippen LogP contribution in [0, 0.1) is 0 Å². The highest BCUT2D eigenvalue weighted by molar-refractivity contribution is 6.15. The molecule has 36 heavy (non-hydrogen) atoms. The van der Waals surface area contributed by atoms with Gasteiger partial charge in [-0.15, -0.1) is 5.06 Å². The Bertz CT molecular complexity index is 1240. The first-order valence-electron chi connectivity index (χ1n) is 11.9. The number of amides is 3. The zero-order chi connectivity index (χ0) is 25.1. The summed E-state index contributed by atoms with van der Waals surface area (Å²) < 4.78 is 0. The maximum Gasteiger partial charge on any atom is 0.334 e. The van der Waals surface area contributed by atoms with Crippen LogP contribution in [-0.4, -0.2) is 59.4 Å². The third-order valence-corrected chi connectivity index (χ3v) is 6.34. The van der Waals surface area contributed by atoms with Crippen molar-refractivity contribution in [1.82, 2.24) is 15.7 Å². The largest absolute Gasteiger partial charge is 0.366 e. The molecule has 3 amide bonds. The van der Waals surface area contributed by atoms with Crippen molar-refractivity contribution in [3.8, 4) is 0 Å². The lowest BCUT2D eigenvalue weighted by Crippen LogP contribution is -2.45. The summed E-state index contributed by atoms with van der Waals surface area (Å²) in [5.74, 6) is -2.33. The van der Waals surface area contributed by atoms with E-state index in [9.17, 15) is 19.2 Å². The highest BCUT2D eigenvalue weighted by Gasteiger charge is 2.40. The second-order valence-electron chi connectivity index (χ2n) is 8.70. The Hall–Kier alpha value is -4.34. The highest BCUT2D eigenvalue weighted by atomic mass is 16.7. The van der Waals surface area contributed by atoms with Crippen molar-refractivity contribution in [1.29, 1.82) is 0 Å². The van der Waals surface area contributed by atoms with Gasteiger partial charge in [0.05, 0.1) is 24.5 Å². The molecule has 184 valence electrons. The number of carbonyl (C=O) groups excluding carboxylic acids is 4. The number of hydrogen-bond donors (Lipinski definition) is 2. The third kappa shape index (κ3) is 4.61. The Morgan fingerprint density at radius 2 is 1.89 bits per heavy atom. The van der Waals surface area contributed by atoms with Gasteiger partial charge in [-0.05, 0) is 24.0 Å². The van der Waals surface area contributed by atoms with Crippen LogP contribution in [-0.2, 0) is 24.0 Å². The Kier molecular flexibility index (Phi) is 6.57. The van der Waals surface area contributed by atoms with Gasteiger partial charge in [0.25, 0.3) is 17.7 Å². The minimum absolute atomic E-state index is 0.0192. The molecular weight excluding hydrogens is 462 g/mol. The summed E-state index contributed by atoms with van der Waals surface area (Å²) in [6.07, 6.45) is 9.28. The molecule has 2 unspecified atom stereocenters. The number of hydroxylamine groups is 2. The van der Waals surface area contributed by atoms with Gasteiger partial charge in [0.15, 0.2) is 0 Å². The maximum atomic E-state index is 13.4. The molecule has 10 nitrogen and oxygen atoms in total. The Balaban J connectivity index is 1.38. The van der Waals surface area contributed by atoms with Crippen LogP contribution in [0.25, 0.3) is 5.57 Å². The van der Waals surface area contributed by atoms with Gasteiger partial charge in [0.1, 0.15) is 11.7 Å². The Labute approximate surface area is 207 Å². The monoisotopic (exact) mass is 487 g/mol. The Morgan fingerprint density at radius 3 is 2.61 bits per heavy atom. The van der Waals surface area contributed by atoms with Gasteiger partial charge in [-0.2, -0.15) is 0 Å². The van der Waals surface area contributed by atoms with E-state index in [1.165, 1.54) is 0 Å². The predicted molar refractivity (Wildman–Crippen MR) is 131 cm³/mol. The van der Waals surface area contributed by atoms with Crippen molar-refractivity contribution in [3.63, 3.8) is 0 Å². The van der Waals surface area contributed by atoms with Crippen LogP contribution < -0.4 is 10.6 Å². The summed E-state index contributed by atoms with van der Waals surface area (Å²) in [5.41, 5.74) is 3.60. The molecule has 1 aromatic carbocycles. The van der Waals surface area contributed by atoms with E-state index in [4.69, 9.17) is 9.83 Å². The fourth-order valence-electron chi connectivity index (χ4n) is 4.59. The van der Waals surface area contributed by atoms with Crippen LogP contribution in [0.15, 0.2) is 69.8 Å². The number of aliphatic imine (C=N–C) groups is 2. The summed E-state index contributed by atoms with van der Waals surface area (Å²) in [6.45, 7) is -0.0502. The zero-order valence-corrected chi connectivity index (χ0v) is 19.5. The summed E-state index contributed by atoms with van der Waals surface area (Å²) >= 11 is 0. The molecule has 0 spiro atoms. The lowest BCUT2D eigenvalue weighted by molar-refractivity contribution is -0.197. The molecule has 2 N–H and O–H groups in total. The van der Waals surface area contributed by atoms with Crippen LogP contribution in [0.1, 0.15) is 37.7 Å². The zero-order valence-electron chi connectivity index (χ0n) is 19.5. The molecular formula is C26H25N5O5. The fourth-order valence-corrected chi connectivity index (χ4v) is 4.59. The lowest BCUT2D eigenvalue weighted by atomic mass is 9.83. The lowest BCUT2D eigenvalue weighted by Gasteiger charge is -2.30. The smallest absolute Gasteiger partial charge is 0.334 e. The molecule has 10 heteroatoms. The van der Waals surface area contributed by atoms with Gasteiger partial charge < -0.3 is 15.5 Å². The standard InChI is InChI=1S/C26H25N5O5/c32-18-11-12-19(33)31(18)36-20(34)13-14-27-26(35)24-21(16-7-3-1-4-8-16)23-25(29-15-28-23)22(30-24)17-9-5-2-6-10-17/h1-5,7-9,15,23,25H,6,10-14H2,(H,27,35)(H,28,29). The summed E-state index contributed by atoms with van der Waals surface area (Å²) in [7, 11) is 0. The molecule has 0 saturated carbocycles. The van der Waals surface area contributed by atoms with Crippen LogP contribution in [0.4, 0.5) is 0 Å². The minimum atomic E-state index is -0.784. The average Bonchev–Trinajstić information content (AvgIpc) is 3.51. The van der Waals surface area contributed by atoms with Crippen molar-refractivity contribution < 1.29 is 24.0 Å². The van der Waals surface area contributed by atoms with Gasteiger partial charge in [-0.25, -0.2) is 9.79 Å². The first kappa shape index (κ1) is 23.4. The number of nitrogens with zero attached hydrogens (tertiary/aromatic N) is 3. The van der Waals surface area contributed by atoms with Crippen molar-refractivity contribution in [2.45, 2.75) is 44.2 Å². The molecule has 0 bridgehead atoms. The first-order valence-corrected chi connectivity index (χ1v) is 11.9. The normalized spacial score (nSPS) is 22.7. The van der Waals surface area contributed by atoms with Gasteiger partial charge in [0, 0.05) is 25.0 Å². The molecule has 2 atom stereocenters. The van der Waals surface area contributed by atoms with Crippen molar-refractivity contribution in [2.24, 2.45) is 9.98 Å². The number of carbonyl (C=O) groups is 4. The molecule has 1 aromatic rings. The number of nitrogens with one attached hydrogen (secondary N) is 2. The van der Waals surface area contributed by atoms with Crippen LogP contribution in [0.3, 0.4) is 0 Å². The Morgan fingerprint density at radius 1 is 1.11 bits per heavy atom. The second kappa shape index (κ2) is 10.1. The third-order valence-electron chi connectivity index (χ3n) is 6.34. The number of allylic oxidation sites excluding steroid dienone is 3. The number of benzene rings is 1. The fraction of sp³-hybridized carbons (Fsp3) is 0.308. The van der Waals surface area contributed by atoms with Crippen molar-refractivity contribution in [3.05, 3.63) is 65.4 Å². The van der Waals surface area contributed by atoms with Crippen LogP contribution in [0.2, 0.25) is 0 Å². The first-order chi connectivity index (χ1) is 17.5.